The molecule has 1 N–H and O–H groups in total. The van der Waals surface area contributed by atoms with E-state index in [0.717, 1.165) is 17.7 Å². The van der Waals surface area contributed by atoms with Gasteiger partial charge in [-0.05, 0) is 30.2 Å². The van der Waals surface area contributed by atoms with Crippen LogP contribution in [0.5, 0.6) is 0 Å². The molecule has 1 nitrogen and oxygen atoms in total. The fourth-order valence-corrected chi connectivity index (χ4v) is 1.92. The highest BCUT2D eigenvalue weighted by Crippen LogP contribution is 2.32. The monoisotopic (exact) mass is 266 g/mol. The highest BCUT2D eigenvalue weighted by molar-refractivity contribution is 5.35. The standard InChI is InChI=1S/C15H13F3O/c1-10-4-2-5-11(8-10)14(19)12-6-3-7-13(9-12)15(16,17)18/h2-9,14,19H,1H3. The number of hydrogen-bond acceptors (Lipinski definition) is 1. The van der Waals surface area contributed by atoms with Crippen molar-refractivity contribution in [1.82, 2.24) is 0 Å². The summed E-state index contributed by atoms with van der Waals surface area (Å²) in [6.07, 6.45) is -5.45. The number of halogens is 3. The summed E-state index contributed by atoms with van der Waals surface area (Å²) in [7, 11) is 0. The van der Waals surface area contributed by atoms with E-state index in [4.69, 9.17) is 0 Å². The lowest BCUT2D eigenvalue weighted by Crippen LogP contribution is -2.07. The van der Waals surface area contributed by atoms with Gasteiger partial charge < -0.3 is 5.11 Å². The van der Waals surface area contributed by atoms with Crippen LogP contribution in [0, 0.1) is 6.92 Å². The molecule has 0 bridgehead atoms. The van der Waals surface area contributed by atoms with Gasteiger partial charge in [-0.15, -0.1) is 0 Å². The SMILES string of the molecule is Cc1cccc(C(O)c2cccc(C(F)(F)F)c2)c1. The van der Waals surface area contributed by atoms with E-state index in [1.165, 1.54) is 12.1 Å². The Bertz CT molecular complexity index is 576. The minimum atomic E-state index is -4.40. The molecule has 2 aromatic carbocycles. The van der Waals surface area contributed by atoms with Gasteiger partial charge in [0.15, 0.2) is 0 Å². The van der Waals surface area contributed by atoms with E-state index in [9.17, 15) is 18.3 Å². The van der Waals surface area contributed by atoms with Gasteiger partial charge in [-0.3, -0.25) is 0 Å². The van der Waals surface area contributed by atoms with Gasteiger partial charge in [-0.25, -0.2) is 0 Å². The molecule has 2 rings (SSSR count). The van der Waals surface area contributed by atoms with E-state index in [1.807, 2.05) is 13.0 Å². The first-order valence-electron chi connectivity index (χ1n) is 5.80. The molecule has 0 aliphatic heterocycles. The van der Waals surface area contributed by atoms with Crippen molar-refractivity contribution < 1.29 is 18.3 Å². The second kappa shape index (κ2) is 5.05. The van der Waals surface area contributed by atoms with Gasteiger partial charge in [0.25, 0.3) is 0 Å². The van der Waals surface area contributed by atoms with Crippen molar-refractivity contribution in [3.05, 3.63) is 70.8 Å². The number of alkyl halides is 3. The van der Waals surface area contributed by atoms with Crippen LogP contribution in [0.25, 0.3) is 0 Å². The Morgan fingerprint density at radius 1 is 0.947 bits per heavy atom. The summed E-state index contributed by atoms with van der Waals surface area (Å²) >= 11 is 0. The number of aliphatic hydroxyl groups excluding tert-OH is 1. The Morgan fingerprint density at radius 3 is 2.11 bits per heavy atom. The Morgan fingerprint density at radius 2 is 1.53 bits per heavy atom. The van der Waals surface area contributed by atoms with Crippen molar-refractivity contribution in [2.24, 2.45) is 0 Å². The third kappa shape index (κ3) is 3.15. The molecule has 100 valence electrons. The Kier molecular flexibility index (Phi) is 3.62. The minimum Gasteiger partial charge on any atom is -0.384 e. The van der Waals surface area contributed by atoms with E-state index < -0.39 is 17.8 Å². The van der Waals surface area contributed by atoms with Crippen LogP contribution in [0.1, 0.15) is 28.4 Å². The zero-order valence-corrected chi connectivity index (χ0v) is 10.3. The summed E-state index contributed by atoms with van der Waals surface area (Å²) in [6.45, 7) is 1.86. The lowest BCUT2D eigenvalue weighted by Gasteiger charge is -2.14. The number of rotatable bonds is 2. The first kappa shape index (κ1) is 13.6. The molecule has 0 heterocycles. The minimum absolute atomic E-state index is 0.237. The lowest BCUT2D eigenvalue weighted by molar-refractivity contribution is -0.137. The molecule has 0 aliphatic rings. The summed E-state index contributed by atoms with van der Waals surface area (Å²) in [5.74, 6) is 0. The maximum atomic E-state index is 12.6. The van der Waals surface area contributed by atoms with Crippen LogP contribution in [-0.4, -0.2) is 5.11 Å². The highest BCUT2D eigenvalue weighted by Gasteiger charge is 2.30. The van der Waals surface area contributed by atoms with Gasteiger partial charge in [0.1, 0.15) is 6.10 Å². The molecule has 19 heavy (non-hydrogen) atoms. The number of aryl methyl sites for hydroxylation is 1. The van der Waals surface area contributed by atoms with Gasteiger partial charge in [0.05, 0.1) is 5.56 Å². The van der Waals surface area contributed by atoms with Gasteiger partial charge >= 0.3 is 6.18 Å². The van der Waals surface area contributed by atoms with Crippen LogP contribution in [0.2, 0.25) is 0 Å². The summed E-state index contributed by atoms with van der Waals surface area (Å²) < 4.78 is 37.8. The summed E-state index contributed by atoms with van der Waals surface area (Å²) in [4.78, 5) is 0. The lowest BCUT2D eigenvalue weighted by atomic mass is 9.98. The molecule has 0 radical (unpaired) electrons. The topological polar surface area (TPSA) is 20.2 Å². The van der Waals surface area contributed by atoms with Crippen LogP contribution in [0.3, 0.4) is 0 Å². The fraction of sp³-hybridized carbons (Fsp3) is 0.200. The van der Waals surface area contributed by atoms with E-state index in [1.54, 1.807) is 18.2 Å². The summed E-state index contributed by atoms with van der Waals surface area (Å²) in [5.41, 5.74) is 1.01. The zero-order valence-electron chi connectivity index (χ0n) is 10.3. The molecule has 2 aromatic rings. The van der Waals surface area contributed by atoms with Crippen LogP contribution < -0.4 is 0 Å². The van der Waals surface area contributed by atoms with Crippen LogP contribution in [-0.2, 0) is 6.18 Å². The molecule has 0 aromatic heterocycles. The average molecular weight is 266 g/mol. The first-order chi connectivity index (χ1) is 8.88. The second-order valence-electron chi connectivity index (χ2n) is 4.44. The predicted molar refractivity (Wildman–Crippen MR) is 66.7 cm³/mol. The van der Waals surface area contributed by atoms with Gasteiger partial charge in [-0.2, -0.15) is 13.2 Å². The molecular formula is C15H13F3O. The van der Waals surface area contributed by atoms with Gasteiger partial charge in [0.2, 0.25) is 0 Å². The van der Waals surface area contributed by atoms with E-state index in [2.05, 4.69) is 0 Å². The van der Waals surface area contributed by atoms with E-state index >= 15 is 0 Å². The molecule has 0 fully saturated rings. The van der Waals surface area contributed by atoms with E-state index in [-0.39, 0.29) is 5.56 Å². The van der Waals surface area contributed by atoms with Crippen molar-refractivity contribution in [3.63, 3.8) is 0 Å². The van der Waals surface area contributed by atoms with Crippen molar-refractivity contribution in [2.75, 3.05) is 0 Å². The first-order valence-corrected chi connectivity index (χ1v) is 5.80. The molecule has 0 saturated carbocycles. The number of aliphatic hydroxyl groups is 1. The maximum Gasteiger partial charge on any atom is 0.416 e. The van der Waals surface area contributed by atoms with Gasteiger partial charge in [-0.1, -0.05) is 42.0 Å². The van der Waals surface area contributed by atoms with Crippen LogP contribution in [0.15, 0.2) is 48.5 Å². The van der Waals surface area contributed by atoms with Crippen molar-refractivity contribution in [1.29, 1.82) is 0 Å². The second-order valence-corrected chi connectivity index (χ2v) is 4.44. The maximum absolute atomic E-state index is 12.6. The number of hydrogen-bond donors (Lipinski definition) is 1. The quantitative estimate of drug-likeness (QED) is 0.867. The molecule has 4 heteroatoms. The third-order valence-electron chi connectivity index (χ3n) is 2.89. The van der Waals surface area contributed by atoms with Crippen LogP contribution in [0.4, 0.5) is 13.2 Å². The molecule has 0 aliphatic carbocycles. The molecule has 0 saturated heterocycles. The van der Waals surface area contributed by atoms with Gasteiger partial charge in [0, 0.05) is 0 Å². The average Bonchev–Trinajstić information content (AvgIpc) is 2.37. The molecule has 0 amide bonds. The van der Waals surface area contributed by atoms with Crippen LogP contribution >= 0.6 is 0 Å². The zero-order chi connectivity index (χ0) is 14.0. The van der Waals surface area contributed by atoms with Crippen molar-refractivity contribution in [2.45, 2.75) is 19.2 Å². The largest absolute Gasteiger partial charge is 0.416 e. The normalized spacial score (nSPS) is 13.3. The fourth-order valence-electron chi connectivity index (χ4n) is 1.92. The number of benzene rings is 2. The Hall–Kier alpha value is -1.81. The smallest absolute Gasteiger partial charge is 0.384 e. The molecular weight excluding hydrogens is 253 g/mol. The highest BCUT2D eigenvalue weighted by atomic mass is 19.4. The van der Waals surface area contributed by atoms with Crippen molar-refractivity contribution >= 4 is 0 Å². The molecule has 0 spiro atoms. The molecule has 1 unspecified atom stereocenters. The van der Waals surface area contributed by atoms with E-state index in [0.29, 0.717) is 5.56 Å². The summed E-state index contributed by atoms with van der Waals surface area (Å²) in [6, 6.07) is 11.8. The Labute approximate surface area is 109 Å². The predicted octanol–water partition coefficient (Wildman–Crippen LogP) is 4.10. The molecule has 1 atom stereocenters. The van der Waals surface area contributed by atoms with Crippen molar-refractivity contribution in [3.8, 4) is 0 Å². The summed E-state index contributed by atoms with van der Waals surface area (Å²) in [5, 5.41) is 10.1. The third-order valence-corrected chi connectivity index (χ3v) is 2.89. The Balaban J connectivity index is 2.37.